The lowest BCUT2D eigenvalue weighted by Crippen LogP contribution is -2.42. The molecule has 1 aliphatic carbocycles. The molecule has 0 bridgehead atoms. The number of hydrogen-bond donors (Lipinski definition) is 1. The van der Waals surface area contributed by atoms with Gasteiger partial charge in [0.2, 0.25) is 0 Å². The number of nitrogens with zero attached hydrogens (tertiary/aromatic N) is 1. The zero-order chi connectivity index (χ0) is 13.8. The molecule has 1 fully saturated rings. The van der Waals surface area contributed by atoms with Crippen molar-refractivity contribution < 1.29 is 4.39 Å². The quantitative estimate of drug-likeness (QED) is 0.903. The molecule has 2 nitrogen and oxygen atoms in total. The van der Waals surface area contributed by atoms with E-state index in [0.29, 0.717) is 6.04 Å². The summed E-state index contributed by atoms with van der Waals surface area (Å²) in [6.07, 6.45) is 5.27. The van der Waals surface area contributed by atoms with Crippen molar-refractivity contribution in [3.05, 3.63) is 35.6 Å². The van der Waals surface area contributed by atoms with Crippen molar-refractivity contribution in [2.24, 2.45) is 11.7 Å². The predicted octanol–water partition coefficient (Wildman–Crippen LogP) is 3.34. The molecular formula is C16H25FN2. The van der Waals surface area contributed by atoms with Crippen molar-refractivity contribution in [2.45, 2.75) is 44.7 Å². The Morgan fingerprint density at radius 3 is 2.53 bits per heavy atom. The SMILES string of the molecule is CC1CCCCC1N(C)CC(N)c1ccc(F)cc1. The smallest absolute Gasteiger partial charge is 0.123 e. The maximum absolute atomic E-state index is 12.9. The number of benzene rings is 1. The number of rotatable bonds is 4. The van der Waals surface area contributed by atoms with Crippen LogP contribution in [0.3, 0.4) is 0 Å². The molecule has 0 saturated heterocycles. The Balaban J connectivity index is 1.94. The maximum atomic E-state index is 12.9. The summed E-state index contributed by atoms with van der Waals surface area (Å²) in [6, 6.07) is 7.15. The molecule has 3 unspecified atom stereocenters. The molecule has 19 heavy (non-hydrogen) atoms. The molecule has 2 rings (SSSR count). The minimum atomic E-state index is -0.204. The Morgan fingerprint density at radius 1 is 1.26 bits per heavy atom. The van der Waals surface area contributed by atoms with Crippen molar-refractivity contribution in [1.29, 1.82) is 0 Å². The van der Waals surface area contributed by atoms with Gasteiger partial charge in [-0.2, -0.15) is 0 Å². The molecule has 3 heteroatoms. The summed E-state index contributed by atoms with van der Waals surface area (Å²) in [7, 11) is 2.16. The van der Waals surface area contributed by atoms with Crippen molar-refractivity contribution >= 4 is 0 Å². The van der Waals surface area contributed by atoms with Crippen LogP contribution in [0.5, 0.6) is 0 Å². The fraction of sp³-hybridized carbons (Fsp3) is 0.625. The Labute approximate surface area is 115 Å². The zero-order valence-corrected chi connectivity index (χ0v) is 12.0. The molecule has 1 aromatic carbocycles. The van der Waals surface area contributed by atoms with E-state index in [2.05, 4.69) is 18.9 Å². The Kier molecular flexibility index (Phi) is 4.94. The summed E-state index contributed by atoms with van der Waals surface area (Å²) in [5.74, 6) is 0.546. The summed E-state index contributed by atoms with van der Waals surface area (Å²) in [5.41, 5.74) is 7.24. The van der Waals surface area contributed by atoms with Crippen LogP contribution in [0.1, 0.15) is 44.2 Å². The predicted molar refractivity (Wildman–Crippen MR) is 77.4 cm³/mol. The zero-order valence-electron chi connectivity index (χ0n) is 12.0. The molecule has 106 valence electrons. The van der Waals surface area contributed by atoms with Gasteiger partial charge in [0.15, 0.2) is 0 Å². The molecule has 0 heterocycles. The lowest BCUT2D eigenvalue weighted by atomic mass is 9.85. The molecule has 2 N–H and O–H groups in total. The average molecular weight is 264 g/mol. The van der Waals surface area contributed by atoms with Gasteiger partial charge in [-0.3, -0.25) is 0 Å². The lowest BCUT2D eigenvalue weighted by molar-refractivity contribution is 0.133. The number of likely N-dealkylation sites (N-methyl/N-ethyl adjacent to an activating group) is 1. The van der Waals surface area contributed by atoms with Gasteiger partial charge in [-0.1, -0.05) is 31.9 Å². The Hall–Kier alpha value is -0.930. The highest BCUT2D eigenvalue weighted by Gasteiger charge is 2.25. The fourth-order valence-corrected chi connectivity index (χ4v) is 3.21. The van der Waals surface area contributed by atoms with Crippen LogP contribution in [0.15, 0.2) is 24.3 Å². The largest absolute Gasteiger partial charge is 0.323 e. The molecule has 0 radical (unpaired) electrons. The van der Waals surface area contributed by atoms with E-state index in [1.807, 2.05) is 0 Å². The van der Waals surface area contributed by atoms with Crippen LogP contribution in [0.25, 0.3) is 0 Å². The first-order chi connectivity index (χ1) is 9.08. The van der Waals surface area contributed by atoms with Crippen LogP contribution in [-0.4, -0.2) is 24.5 Å². The van der Waals surface area contributed by atoms with Crippen LogP contribution in [0, 0.1) is 11.7 Å². The summed E-state index contributed by atoms with van der Waals surface area (Å²) in [4.78, 5) is 2.39. The standard InChI is InChI=1S/C16H25FN2/c1-12-5-3-4-6-16(12)19(2)11-15(18)13-7-9-14(17)10-8-13/h7-10,12,15-16H,3-6,11,18H2,1-2H3. The highest BCUT2D eigenvalue weighted by molar-refractivity contribution is 5.19. The molecule has 1 saturated carbocycles. The van der Waals surface area contributed by atoms with Gasteiger partial charge < -0.3 is 10.6 Å². The van der Waals surface area contributed by atoms with Gasteiger partial charge >= 0.3 is 0 Å². The Morgan fingerprint density at radius 2 is 1.89 bits per heavy atom. The van der Waals surface area contributed by atoms with E-state index < -0.39 is 0 Å². The summed E-state index contributed by atoms with van der Waals surface area (Å²) < 4.78 is 12.9. The Bertz CT molecular complexity index is 390. The second-order valence-electron chi connectivity index (χ2n) is 5.93. The molecule has 1 aliphatic rings. The van der Waals surface area contributed by atoms with E-state index in [-0.39, 0.29) is 11.9 Å². The monoisotopic (exact) mass is 264 g/mol. The van der Waals surface area contributed by atoms with Gasteiger partial charge in [0.1, 0.15) is 5.82 Å². The van der Waals surface area contributed by atoms with Gasteiger partial charge in [-0.25, -0.2) is 4.39 Å². The van der Waals surface area contributed by atoms with Crippen molar-refractivity contribution in [3.63, 3.8) is 0 Å². The van der Waals surface area contributed by atoms with Crippen molar-refractivity contribution in [3.8, 4) is 0 Å². The summed E-state index contributed by atoms with van der Waals surface area (Å²) in [6.45, 7) is 3.17. The van der Waals surface area contributed by atoms with Crippen molar-refractivity contribution in [1.82, 2.24) is 4.90 Å². The van der Waals surface area contributed by atoms with Gasteiger partial charge in [0.05, 0.1) is 0 Å². The minimum Gasteiger partial charge on any atom is -0.323 e. The molecule has 0 aromatic heterocycles. The van der Waals surface area contributed by atoms with Crippen LogP contribution < -0.4 is 5.73 Å². The first-order valence-electron chi connectivity index (χ1n) is 7.29. The van der Waals surface area contributed by atoms with Crippen LogP contribution in [0.2, 0.25) is 0 Å². The highest BCUT2D eigenvalue weighted by atomic mass is 19.1. The van der Waals surface area contributed by atoms with E-state index in [0.717, 1.165) is 18.0 Å². The molecule has 3 atom stereocenters. The summed E-state index contributed by atoms with van der Waals surface area (Å²) in [5, 5.41) is 0. The van der Waals surface area contributed by atoms with Crippen LogP contribution in [0.4, 0.5) is 4.39 Å². The molecule has 0 amide bonds. The average Bonchev–Trinajstić information content (AvgIpc) is 2.39. The lowest BCUT2D eigenvalue weighted by Gasteiger charge is -2.37. The second-order valence-corrected chi connectivity index (χ2v) is 5.93. The van der Waals surface area contributed by atoms with Crippen LogP contribution in [-0.2, 0) is 0 Å². The molecule has 0 spiro atoms. The third-order valence-corrected chi connectivity index (χ3v) is 4.42. The minimum absolute atomic E-state index is 0.0419. The van der Waals surface area contributed by atoms with E-state index in [4.69, 9.17) is 5.73 Å². The first kappa shape index (κ1) is 14.5. The fourth-order valence-electron chi connectivity index (χ4n) is 3.21. The van der Waals surface area contributed by atoms with E-state index >= 15 is 0 Å². The van der Waals surface area contributed by atoms with Gasteiger partial charge in [0.25, 0.3) is 0 Å². The number of nitrogens with two attached hydrogens (primary N) is 1. The normalized spacial score (nSPS) is 25.5. The molecule has 1 aromatic rings. The van der Waals surface area contributed by atoms with E-state index in [1.54, 1.807) is 12.1 Å². The third kappa shape index (κ3) is 3.77. The molecular weight excluding hydrogens is 239 g/mol. The molecule has 0 aliphatic heterocycles. The van der Waals surface area contributed by atoms with E-state index in [1.165, 1.54) is 37.8 Å². The number of halogens is 1. The second kappa shape index (κ2) is 6.49. The van der Waals surface area contributed by atoms with Gasteiger partial charge in [-0.05, 0) is 43.5 Å². The van der Waals surface area contributed by atoms with Gasteiger partial charge in [0, 0.05) is 18.6 Å². The third-order valence-electron chi connectivity index (χ3n) is 4.42. The van der Waals surface area contributed by atoms with Gasteiger partial charge in [-0.15, -0.1) is 0 Å². The topological polar surface area (TPSA) is 29.3 Å². The van der Waals surface area contributed by atoms with Crippen molar-refractivity contribution in [2.75, 3.05) is 13.6 Å². The van der Waals surface area contributed by atoms with E-state index in [9.17, 15) is 4.39 Å². The maximum Gasteiger partial charge on any atom is 0.123 e. The van der Waals surface area contributed by atoms with Crippen LogP contribution >= 0.6 is 0 Å². The summed E-state index contributed by atoms with van der Waals surface area (Å²) >= 11 is 0. The first-order valence-corrected chi connectivity index (χ1v) is 7.29. The number of hydrogen-bond acceptors (Lipinski definition) is 2. The highest BCUT2D eigenvalue weighted by Crippen LogP contribution is 2.28.